The quantitative estimate of drug-likeness (QED) is 0.812. The van der Waals surface area contributed by atoms with Gasteiger partial charge in [-0.05, 0) is 50.4 Å². The second-order valence-electron chi connectivity index (χ2n) is 6.88. The van der Waals surface area contributed by atoms with Crippen LogP contribution in [0.1, 0.15) is 43.5 Å². The number of carbonyl (C=O) groups is 1. The van der Waals surface area contributed by atoms with Crippen LogP contribution in [-0.4, -0.2) is 43.7 Å². The third-order valence-corrected chi connectivity index (χ3v) is 5.54. The Morgan fingerprint density at radius 3 is 2.88 bits per heavy atom. The van der Waals surface area contributed by atoms with Gasteiger partial charge in [0.25, 0.3) is 0 Å². The molecule has 0 fully saturated rings. The summed E-state index contributed by atoms with van der Waals surface area (Å²) in [6.45, 7) is 3.08. The maximum Gasteiger partial charge on any atom is 0.308 e. The summed E-state index contributed by atoms with van der Waals surface area (Å²) in [5.41, 5.74) is 3.83. The van der Waals surface area contributed by atoms with E-state index >= 15 is 0 Å². The summed E-state index contributed by atoms with van der Waals surface area (Å²) in [4.78, 5) is 17.9. The summed E-state index contributed by atoms with van der Waals surface area (Å²) < 4.78 is 10.3. The van der Waals surface area contributed by atoms with Gasteiger partial charge in [0, 0.05) is 35.2 Å². The Morgan fingerprint density at radius 2 is 2.20 bits per heavy atom. The van der Waals surface area contributed by atoms with Gasteiger partial charge in [0.15, 0.2) is 0 Å². The van der Waals surface area contributed by atoms with Crippen molar-refractivity contribution in [1.82, 2.24) is 9.88 Å². The lowest BCUT2D eigenvalue weighted by molar-refractivity contribution is -0.145. The van der Waals surface area contributed by atoms with Crippen LogP contribution in [0.5, 0.6) is 5.75 Å². The number of aromatic amines is 1. The molecule has 0 saturated heterocycles. The van der Waals surface area contributed by atoms with E-state index in [1.807, 2.05) is 13.0 Å². The Labute approximate surface area is 149 Å². The van der Waals surface area contributed by atoms with E-state index in [0.717, 1.165) is 43.5 Å². The molecular weight excluding hydrogens is 316 g/mol. The highest BCUT2D eigenvalue weighted by Gasteiger charge is 2.29. The van der Waals surface area contributed by atoms with Gasteiger partial charge < -0.3 is 14.5 Å². The van der Waals surface area contributed by atoms with Crippen molar-refractivity contribution in [2.24, 2.45) is 5.92 Å². The van der Waals surface area contributed by atoms with Crippen molar-refractivity contribution >= 4 is 16.9 Å². The predicted molar refractivity (Wildman–Crippen MR) is 99.0 cm³/mol. The van der Waals surface area contributed by atoms with Gasteiger partial charge in [-0.3, -0.25) is 9.69 Å². The molecule has 1 aromatic carbocycles. The molecule has 0 aliphatic carbocycles. The molecule has 0 saturated carbocycles. The summed E-state index contributed by atoms with van der Waals surface area (Å²) in [7, 11) is 5.33. The zero-order valence-corrected chi connectivity index (χ0v) is 15.6. The van der Waals surface area contributed by atoms with E-state index in [1.165, 1.54) is 23.8 Å². The fraction of sp³-hybridized carbons (Fsp3) is 0.550. The number of likely N-dealkylation sites (N-methyl/N-ethyl adjacent to an activating group) is 1. The maximum absolute atomic E-state index is 11.9. The number of rotatable bonds is 6. The molecule has 2 atom stereocenters. The zero-order chi connectivity index (χ0) is 18.0. The Bertz CT molecular complexity index is 753. The van der Waals surface area contributed by atoms with Gasteiger partial charge in [-0.2, -0.15) is 0 Å². The first-order valence-corrected chi connectivity index (χ1v) is 9.05. The van der Waals surface area contributed by atoms with E-state index in [0.29, 0.717) is 6.04 Å². The van der Waals surface area contributed by atoms with Crippen molar-refractivity contribution in [3.63, 3.8) is 0 Å². The average molecular weight is 344 g/mol. The number of fused-ring (bicyclic) bond motifs is 3. The van der Waals surface area contributed by atoms with Crippen molar-refractivity contribution in [3.05, 3.63) is 29.5 Å². The summed E-state index contributed by atoms with van der Waals surface area (Å²) in [5, 5.41) is 1.29. The lowest BCUT2D eigenvalue weighted by Gasteiger charge is -2.33. The first-order valence-electron chi connectivity index (χ1n) is 9.05. The van der Waals surface area contributed by atoms with Crippen LogP contribution in [0.2, 0.25) is 0 Å². The SMILES string of the molecule is CC[C@H](CC[C@@H]1c2[nH]c3cc(OC)ccc3c2CCN1C)C(=O)OC. The molecule has 1 aliphatic rings. The monoisotopic (exact) mass is 344 g/mol. The Balaban J connectivity index is 1.87. The Hall–Kier alpha value is -2.01. The van der Waals surface area contributed by atoms with E-state index in [9.17, 15) is 4.79 Å². The third-order valence-electron chi connectivity index (χ3n) is 5.54. The van der Waals surface area contributed by atoms with Gasteiger partial charge in [0.1, 0.15) is 5.75 Å². The number of hydrogen-bond donors (Lipinski definition) is 1. The van der Waals surface area contributed by atoms with Crippen molar-refractivity contribution in [1.29, 1.82) is 0 Å². The fourth-order valence-corrected chi connectivity index (χ4v) is 3.98. The smallest absolute Gasteiger partial charge is 0.308 e. The highest BCUT2D eigenvalue weighted by atomic mass is 16.5. The minimum Gasteiger partial charge on any atom is -0.497 e. The number of ether oxygens (including phenoxy) is 2. The molecule has 136 valence electrons. The van der Waals surface area contributed by atoms with E-state index in [2.05, 4.69) is 29.1 Å². The number of nitrogens with one attached hydrogen (secondary N) is 1. The normalized spacial score (nSPS) is 18.8. The minimum absolute atomic E-state index is 0.0201. The van der Waals surface area contributed by atoms with Gasteiger partial charge in [0.2, 0.25) is 0 Å². The van der Waals surface area contributed by atoms with E-state index in [-0.39, 0.29) is 11.9 Å². The van der Waals surface area contributed by atoms with Crippen LogP contribution >= 0.6 is 0 Å². The number of nitrogens with zero attached hydrogens (tertiary/aromatic N) is 1. The number of methoxy groups -OCH3 is 2. The third kappa shape index (κ3) is 3.38. The van der Waals surface area contributed by atoms with Crippen LogP contribution in [0.3, 0.4) is 0 Å². The van der Waals surface area contributed by atoms with E-state index in [1.54, 1.807) is 7.11 Å². The van der Waals surface area contributed by atoms with Gasteiger partial charge in [-0.1, -0.05) is 6.92 Å². The minimum atomic E-state index is -0.0948. The topological polar surface area (TPSA) is 54.6 Å². The van der Waals surface area contributed by atoms with Gasteiger partial charge in [-0.15, -0.1) is 0 Å². The molecule has 0 amide bonds. The van der Waals surface area contributed by atoms with Crippen LogP contribution in [0.4, 0.5) is 0 Å². The molecule has 3 rings (SSSR count). The predicted octanol–water partition coefficient (Wildman–Crippen LogP) is 3.68. The summed E-state index contributed by atoms with van der Waals surface area (Å²) in [6, 6.07) is 6.54. The van der Waals surface area contributed by atoms with Crippen LogP contribution in [0.25, 0.3) is 10.9 Å². The Morgan fingerprint density at radius 1 is 1.40 bits per heavy atom. The summed E-state index contributed by atoms with van der Waals surface area (Å²) in [6.07, 6.45) is 3.65. The van der Waals surface area contributed by atoms with Crippen molar-refractivity contribution < 1.29 is 14.3 Å². The number of aromatic nitrogens is 1. The second-order valence-corrected chi connectivity index (χ2v) is 6.88. The molecule has 0 radical (unpaired) electrons. The molecule has 0 bridgehead atoms. The van der Waals surface area contributed by atoms with Crippen LogP contribution < -0.4 is 4.74 Å². The molecule has 0 spiro atoms. The second kappa shape index (κ2) is 7.48. The molecule has 2 aromatic rings. The molecule has 1 aliphatic heterocycles. The van der Waals surface area contributed by atoms with Gasteiger partial charge in [-0.25, -0.2) is 0 Å². The number of esters is 1. The molecule has 1 N–H and O–H groups in total. The van der Waals surface area contributed by atoms with Crippen molar-refractivity contribution in [3.8, 4) is 5.75 Å². The summed E-state index contributed by atoms with van der Waals surface area (Å²) >= 11 is 0. The molecule has 5 heteroatoms. The van der Waals surface area contributed by atoms with Crippen LogP contribution in [0, 0.1) is 5.92 Å². The molecule has 2 heterocycles. The van der Waals surface area contributed by atoms with E-state index in [4.69, 9.17) is 9.47 Å². The standard InChI is InChI=1S/C20H28N2O3/c1-5-13(20(23)25-4)6-9-18-19-16(10-11-22(18)2)15-8-7-14(24-3)12-17(15)21-19/h7-8,12-13,18,21H,5-6,9-11H2,1-4H3/t13-,18-/m1/s1. The van der Waals surface area contributed by atoms with Crippen LogP contribution in [-0.2, 0) is 16.0 Å². The lowest BCUT2D eigenvalue weighted by atomic mass is 9.91. The molecule has 25 heavy (non-hydrogen) atoms. The molecule has 5 nitrogen and oxygen atoms in total. The number of carbonyl (C=O) groups excluding carboxylic acids is 1. The van der Waals surface area contributed by atoms with Gasteiger partial charge >= 0.3 is 5.97 Å². The largest absolute Gasteiger partial charge is 0.497 e. The average Bonchev–Trinajstić information content (AvgIpc) is 3.00. The number of hydrogen-bond acceptors (Lipinski definition) is 4. The zero-order valence-electron chi connectivity index (χ0n) is 15.6. The molecule has 1 aromatic heterocycles. The van der Waals surface area contributed by atoms with Crippen molar-refractivity contribution in [2.45, 2.75) is 38.6 Å². The van der Waals surface area contributed by atoms with Crippen LogP contribution in [0.15, 0.2) is 18.2 Å². The highest BCUT2D eigenvalue weighted by molar-refractivity contribution is 5.86. The summed E-state index contributed by atoms with van der Waals surface area (Å²) in [5.74, 6) is 0.753. The van der Waals surface area contributed by atoms with E-state index < -0.39 is 0 Å². The van der Waals surface area contributed by atoms with Gasteiger partial charge in [0.05, 0.1) is 20.1 Å². The Kier molecular flexibility index (Phi) is 5.33. The molecular formula is C20H28N2O3. The first-order chi connectivity index (χ1) is 12.1. The maximum atomic E-state index is 11.9. The molecule has 0 unspecified atom stereocenters. The lowest BCUT2D eigenvalue weighted by Crippen LogP contribution is -2.32. The first kappa shape index (κ1) is 17.8. The fourth-order valence-electron chi connectivity index (χ4n) is 3.98. The number of H-pyrrole nitrogens is 1. The van der Waals surface area contributed by atoms with Crippen molar-refractivity contribution in [2.75, 3.05) is 27.8 Å². The number of benzene rings is 1. The highest BCUT2D eigenvalue weighted by Crippen LogP contribution is 2.37.